The van der Waals surface area contributed by atoms with Crippen LogP contribution < -0.4 is 10.6 Å². The van der Waals surface area contributed by atoms with Crippen molar-refractivity contribution in [3.63, 3.8) is 0 Å². The van der Waals surface area contributed by atoms with E-state index in [0.717, 1.165) is 31.9 Å². The molecule has 4 unspecified atom stereocenters. The first kappa shape index (κ1) is 21.7. The van der Waals surface area contributed by atoms with E-state index in [4.69, 9.17) is 0 Å². The number of nitrogens with zero attached hydrogens (tertiary/aromatic N) is 2. The monoisotopic (exact) mass is 447 g/mol. The van der Waals surface area contributed by atoms with E-state index >= 15 is 0 Å². The summed E-state index contributed by atoms with van der Waals surface area (Å²) in [4.78, 5) is 35.2. The Balaban J connectivity index is 1.12. The van der Waals surface area contributed by atoms with Gasteiger partial charge in [-0.25, -0.2) is 0 Å². The molecule has 7 heteroatoms. The van der Waals surface area contributed by atoms with Crippen LogP contribution in [0.4, 0.5) is 0 Å². The summed E-state index contributed by atoms with van der Waals surface area (Å²) < 4.78 is 0. The summed E-state index contributed by atoms with van der Waals surface area (Å²) >= 11 is 0. The van der Waals surface area contributed by atoms with Crippen molar-refractivity contribution in [2.45, 2.75) is 33.1 Å². The lowest BCUT2D eigenvalue weighted by Crippen LogP contribution is -2.38. The van der Waals surface area contributed by atoms with Crippen molar-refractivity contribution >= 4 is 28.7 Å². The molecule has 1 aromatic carbocycles. The normalized spacial score (nSPS) is 26.0. The lowest BCUT2D eigenvalue weighted by atomic mass is 9.85. The minimum atomic E-state index is -0.108. The van der Waals surface area contributed by atoms with Gasteiger partial charge in [0.15, 0.2) is 5.96 Å². The molecule has 2 fully saturated rings. The second kappa shape index (κ2) is 9.04. The Morgan fingerprint density at radius 2 is 1.85 bits per heavy atom. The van der Waals surface area contributed by atoms with Crippen LogP contribution in [0.2, 0.25) is 0 Å². The van der Waals surface area contributed by atoms with E-state index in [-0.39, 0.29) is 35.5 Å². The number of para-hydroxylation sites is 1. The van der Waals surface area contributed by atoms with E-state index in [2.05, 4.69) is 57.9 Å². The van der Waals surface area contributed by atoms with Gasteiger partial charge in [-0.05, 0) is 56.6 Å². The first-order valence-corrected chi connectivity index (χ1v) is 12.2. The molecule has 1 saturated carbocycles. The zero-order chi connectivity index (χ0) is 22.9. The number of carbonyl (C=O) groups excluding carboxylic acids is 2. The molecule has 2 bridgehead atoms. The van der Waals surface area contributed by atoms with Gasteiger partial charge in [-0.15, -0.1) is 0 Å². The summed E-state index contributed by atoms with van der Waals surface area (Å²) in [6.07, 6.45) is 6.82. The number of rotatable bonds is 8. The largest absolute Gasteiger partial charge is 0.358 e. The smallest absolute Gasteiger partial charge is 0.233 e. The van der Waals surface area contributed by atoms with Crippen LogP contribution >= 0.6 is 0 Å². The number of guanidine groups is 1. The van der Waals surface area contributed by atoms with E-state index in [1.165, 1.54) is 27.1 Å². The highest BCUT2D eigenvalue weighted by atomic mass is 16.2. The third-order valence-corrected chi connectivity index (χ3v) is 7.41. The molecule has 1 aliphatic heterocycles. The molecule has 3 N–H and O–H groups in total. The number of imide groups is 1. The fraction of sp³-hybridized carbons (Fsp3) is 0.500. The van der Waals surface area contributed by atoms with Crippen molar-refractivity contribution in [2.24, 2.45) is 28.7 Å². The number of carbonyl (C=O) groups is 2. The minimum absolute atomic E-state index is 0.0324. The maximum Gasteiger partial charge on any atom is 0.233 e. The van der Waals surface area contributed by atoms with Gasteiger partial charge < -0.3 is 15.6 Å². The lowest BCUT2D eigenvalue weighted by molar-refractivity contribution is -0.140. The zero-order valence-corrected chi connectivity index (χ0v) is 19.4. The first-order valence-electron chi connectivity index (χ1n) is 12.2. The number of amides is 2. The van der Waals surface area contributed by atoms with E-state index < -0.39 is 0 Å². The fourth-order valence-corrected chi connectivity index (χ4v) is 5.91. The average molecular weight is 448 g/mol. The number of hydrogen-bond donors (Lipinski definition) is 3. The van der Waals surface area contributed by atoms with Gasteiger partial charge >= 0.3 is 0 Å². The highest BCUT2D eigenvalue weighted by Gasteiger charge is 2.58. The van der Waals surface area contributed by atoms with Crippen LogP contribution in [-0.4, -0.2) is 53.8 Å². The Morgan fingerprint density at radius 1 is 1.12 bits per heavy atom. The van der Waals surface area contributed by atoms with Gasteiger partial charge in [-0.2, -0.15) is 0 Å². The quantitative estimate of drug-likeness (QED) is 0.191. The topological polar surface area (TPSA) is 89.6 Å². The van der Waals surface area contributed by atoms with Crippen LogP contribution in [0.1, 0.15) is 31.0 Å². The van der Waals surface area contributed by atoms with Crippen LogP contribution in [0.5, 0.6) is 0 Å². The molecule has 1 aromatic heterocycles. The third kappa shape index (κ3) is 3.94. The number of benzene rings is 1. The van der Waals surface area contributed by atoms with Crippen molar-refractivity contribution < 1.29 is 9.59 Å². The second-order valence-electron chi connectivity index (χ2n) is 9.39. The molecule has 33 heavy (non-hydrogen) atoms. The van der Waals surface area contributed by atoms with Crippen LogP contribution in [0.25, 0.3) is 10.9 Å². The lowest BCUT2D eigenvalue weighted by Gasteiger charge is -2.17. The molecule has 2 aromatic rings. The number of aliphatic imine (C=N–C) groups is 1. The standard InChI is InChI=1S/C26H33N5O2/c1-3-27-26(29-13-11-19-16(2)30-21-8-5-4-7-20(19)21)28-12-6-14-31-24(32)22-17-9-10-18(15-17)23(22)25(31)33/h4-5,7-10,17-18,22-23,30H,3,6,11-15H2,1-2H3,(H2,27,28,29). The van der Waals surface area contributed by atoms with Gasteiger partial charge in [-0.1, -0.05) is 30.4 Å². The fourth-order valence-electron chi connectivity index (χ4n) is 5.91. The Bertz CT molecular complexity index is 1090. The highest BCUT2D eigenvalue weighted by Crippen LogP contribution is 2.52. The number of nitrogens with one attached hydrogen (secondary N) is 3. The van der Waals surface area contributed by atoms with Gasteiger partial charge in [0.2, 0.25) is 11.8 Å². The molecule has 0 radical (unpaired) electrons. The number of allylic oxidation sites excluding steroid dienone is 2. The number of hydrogen-bond acceptors (Lipinski definition) is 3. The molecule has 7 nitrogen and oxygen atoms in total. The van der Waals surface area contributed by atoms with E-state index in [9.17, 15) is 9.59 Å². The molecule has 3 aliphatic rings. The zero-order valence-electron chi connectivity index (χ0n) is 19.4. The summed E-state index contributed by atoms with van der Waals surface area (Å²) in [5.74, 6) is 1.16. The Morgan fingerprint density at radius 3 is 2.58 bits per heavy atom. The number of likely N-dealkylation sites (tertiary alicyclic amines) is 1. The van der Waals surface area contributed by atoms with Crippen LogP contribution in [0.15, 0.2) is 41.4 Å². The summed E-state index contributed by atoms with van der Waals surface area (Å²) in [5.41, 5.74) is 3.70. The van der Waals surface area contributed by atoms with E-state index in [0.29, 0.717) is 19.5 Å². The van der Waals surface area contributed by atoms with Gasteiger partial charge in [0.1, 0.15) is 0 Å². The van der Waals surface area contributed by atoms with Crippen molar-refractivity contribution in [1.82, 2.24) is 20.5 Å². The molecule has 2 aliphatic carbocycles. The van der Waals surface area contributed by atoms with E-state index in [1.807, 2.05) is 13.0 Å². The predicted molar refractivity (Wildman–Crippen MR) is 130 cm³/mol. The van der Waals surface area contributed by atoms with Gasteiger partial charge in [0.05, 0.1) is 11.8 Å². The maximum atomic E-state index is 12.8. The minimum Gasteiger partial charge on any atom is -0.358 e. The SMILES string of the molecule is CCNC(=NCCCN1C(=O)C2C3C=CC(C3)C2C1=O)NCCc1c(C)[nH]c2ccccc12. The van der Waals surface area contributed by atoms with Crippen LogP contribution in [0.3, 0.4) is 0 Å². The third-order valence-electron chi connectivity index (χ3n) is 7.41. The van der Waals surface area contributed by atoms with Crippen molar-refractivity contribution in [3.05, 3.63) is 47.7 Å². The molecular formula is C26H33N5O2. The number of fused-ring (bicyclic) bond motifs is 6. The molecular weight excluding hydrogens is 414 g/mol. The Labute approximate surface area is 194 Å². The number of H-pyrrole nitrogens is 1. The summed E-state index contributed by atoms with van der Waals surface area (Å²) in [7, 11) is 0. The van der Waals surface area contributed by atoms with E-state index in [1.54, 1.807) is 0 Å². The molecule has 2 amide bonds. The highest BCUT2D eigenvalue weighted by molar-refractivity contribution is 6.06. The average Bonchev–Trinajstić information content (AvgIpc) is 3.55. The van der Waals surface area contributed by atoms with Crippen LogP contribution in [-0.2, 0) is 16.0 Å². The molecule has 4 atom stereocenters. The predicted octanol–water partition coefficient (Wildman–Crippen LogP) is 2.77. The van der Waals surface area contributed by atoms with Crippen molar-refractivity contribution in [1.29, 1.82) is 0 Å². The molecule has 1 saturated heterocycles. The Hall–Kier alpha value is -3.09. The summed E-state index contributed by atoms with van der Waals surface area (Å²) in [6.45, 7) is 6.74. The van der Waals surface area contributed by atoms with Crippen molar-refractivity contribution in [3.8, 4) is 0 Å². The number of aromatic amines is 1. The van der Waals surface area contributed by atoms with Gasteiger partial charge in [0, 0.05) is 42.8 Å². The summed E-state index contributed by atoms with van der Waals surface area (Å²) in [6, 6.07) is 8.38. The first-order chi connectivity index (χ1) is 16.1. The van der Waals surface area contributed by atoms with Gasteiger partial charge in [-0.3, -0.25) is 19.5 Å². The van der Waals surface area contributed by atoms with Gasteiger partial charge in [0.25, 0.3) is 0 Å². The molecule has 174 valence electrons. The number of aryl methyl sites for hydroxylation is 1. The van der Waals surface area contributed by atoms with Crippen LogP contribution in [0, 0.1) is 30.6 Å². The second-order valence-corrected chi connectivity index (χ2v) is 9.39. The molecule has 2 heterocycles. The van der Waals surface area contributed by atoms with Crippen molar-refractivity contribution in [2.75, 3.05) is 26.2 Å². The molecule has 0 spiro atoms. The summed E-state index contributed by atoms with van der Waals surface area (Å²) in [5, 5.41) is 7.98. The maximum absolute atomic E-state index is 12.8. The number of aromatic nitrogens is 1. The molecule has 5 rings (SSSR count). The Kier molecular flexibility index (Phi) is 5.96.